The highest BCUT2D eigenvalue weighted by Gasteiger charge is 2.65. The van der Waals surface area contributed by atoms with Crippen LogP contribution >= 0.6 is 0 Å². The average Bonchev–Trinajstić information content (AvgIpc) is 2.27. The van der Waals surface area contributed by atoms with Gasteiger partial charge in [0, 0.05) is 10.8 Å². The number of terminal acetylenes is 2. The normalized spacial score (nSPS) is 50.6. The maximum atomic E-state index is 11.6. The Morgan fingerprint density at radius 2 is 1.59 bits per heavy atom. The summed E-state index contributed by atoms with van der Waals surface area (Å²) in [4.78, 5) is 11.6. The molecule has 0 saturated heterocycles. The molecule has 0 radical (unpaired) electrons. The molecule has 0 spiro atoms. The Morgan fingerprint density at radius 3 is 2.00 bits per heavy atom. The van der Waals surface area contributed by atoms with Crippen molar-refractivity contribution in [1.82, 2.24) is 0 Å². The Kier molecular flexibility index (Phi) is 1.82. The Hall–Kier alpha value is -1.41. The molecule has 1 N–H and O–H groups in total. The van der Waals surface area contributed by atoms with Gasteiger partial charge in [0.1, 0.15) is 0 Å². The first-order chi connectivity index (χ1) is 7.97. The highest BCUT2D eigenvalue weighted by Crippen LogP contribution is 2.69. The monoisotopic (exact) mass is 228 g/mol. The van der Waals surface area contributed by atoms with Gasteiger partial charge in [0.25, 0.3) is 0 Å². The number of carboxylic acids is 1. The fourth-order valence-corrected chi connectivity index (χ4v) is 5.00. The number of hydrogen-bond donors (Lipinski definition) is 1. The van der Waals surface area contributed by atoms with Gasteiger partial charge < -0.3 is 5.11 Å². The van der Waals surface area contributed by atoms with Gasteiger partial charge in [-0.1, -0.05) is 11.8 Å². The molecule has 4 saturated carbocycles. The number of hydrogen-bond acceptors (Lipinski definition) is 1. The van der Waals surface area contributed by atoms with Crippen LogP contribution in [0.25, 0.3) is 0 Å². The van der Waals surface area contributed by atoms with Crippen LogP contribution in [-0.2, 0) is 4.79 Å². The maximum Gasteiger partial charge on any atom is 0.309 e. The first-order valence-electron chi connectivity index (χ1n) is 6.16. The largest absolute Gasteiger partial charge is 0.481 e. The van der Waals surface area contributed by atoms with E-state index < -0.39 is 11.4 Å². The Balaban J connectivity index is 2.12. The topological polar surface area (TPSA) is 37.3 Å². The Morgan fingerprint density at radius 1 is 1.06 bits per heavy atom. The highest BCUT2D eigenvalue weighted by atomic mass is 16.4. The molecule has 2 heteroatoms. The van der Waals surface area contributed by atoms with Crippen molar-refractivity contribution in [1.29, 1.82) is 0 Å². The van der Waals surface area contributed by atoms with E-state index in [2.05, 4.69) is 11.8 Å². The second-order valence-electron chi connectivity index (χ2n) is 6.44. The number of aliphatic carboxylic acids is 1. The summed E-state index contributed by atoms with van der Waals surface area (Å²) in [6.07, 6.45) is 16.2. The van der Waals surface area contributed by atoms with Crippen LogP contribution in [0, 0.1) is 46.9 Å². The lowest BCUT2D eigenvalue weighted by molar-refractivity contribution is -0.175. The summed E-state index contributed by atoms with van der Waals surface area (Å²) in [5.74, 6) is 5.50. The third-order valence-electron chi connectivity index (χ3n) is 5.13. The Bertz CT molecular complexity index is 446. The average molecular weight is 228 g/mol. The fourth-order valence-electron chi connectivity index (χ4n) is 5.00. The first kappa shape index (κ1) is 10.7. The summed E-state index contributed by atoms with van der Waals surface area (Å²) < 4.78 is 0. The van der Waals surface area contributed by atoms with Gasteiger partial charge >= 0.3 is 5.97 Å². The number of rotatable bonds is 1. The van der Waals surface area contributed by atoms with Gasteiger partial charge in [0.05, 0.1) is 5.41 Å². The van der Waals surface area contributed by atoms with E-state index in [1.807, 2.05) is 0 Å². The maximum absolute atomic E-state index is 11.6. The van der Waals surface area contributed by atoms with Gasteiger partial charge in [-0.15, -0.1) is 12.8 Å². The molecule has 2 atom stereocenters. The summed E-state index contributed by atoms with van der Waals surface area (Å²) in [5, 5.41) is 9.56. The zero-order valence-electron chi connectivity index (χ0n) is 9.83. The molecule has 17 heavy (non-hydrogen) atoms. The predicted octanol–water partition coefficient (Wildman–Crippen LogP) is 2.29. The number of carboxylic acid groups (broad SMARTS) is 1. The lowest BCUT2D eigenvalue weighted by Gasteiger charge is -2.62. The van der Waals surface area contributed by atoms with Crippen molar-refractivity contribution in [2.24, 2.45) is 22.2 Å². The van der Waals surface area contributed by atoms with Crippen LogP contribution in [0.5, 0.6) is 0 Å². The zero-order valence-corrected chi connectivity index (χ0v) is 9.83. The van der Waals surface area contributed by atoms with Gasteiger partial charge in [-0.3, -0.25) is 4.79 Å². The molecule has 0 aliphatic heterocycles. The third-order valence-corrected chi connectivity index (χ3v) is 5.13. The molecule has 4 aliphatic carbocycles. The minimum atomic E-state index is -0.694. The van der Waals surface area contributed by atoms with Crippen molar-refractivity contribution >= 4 is 5.97 Å². The molecule has 0 aromatic rings. The minimum Gasteiger partial charge on any atom is -0.481 e. The lowest BCUT2D eigenvalue weighted by Crippen LogP contribution is -2.58. The summed E-state index contributed by atoms with van der Waals surface area (Å²) >= 11 is 0. The van der Waals surface area contributed by atoms with Gasteiger partial charge in [0.2, 0.25) is 0 Å². The van der Waals surface area contributed by atoms with Gasteiger partial charge in [-0.25, -0.2) is 0 Å². The van der Waals surface area contributed by atoms with Crippen molar-refractivity contribution < 1.29 is 9.90 Å². The van der Waals surface area contributed by atoms with Crippen LogP contribution in [0.4, 0.5) is 0 Å². The molecule has 2 nitrogen and oxygen atoms in total. The van der Waals surface area contributed by atoms with Gasteiger partial charge in [-0.2, -0.15) is 0 Å². The highest BCUT2D eigenvalue weighted by molar-refractivity contribution is 5.76. The van der Waals surface area contributed by atoms with Crippen LogP contribution in [0.1, 0.15) is 38.5 Å². The standard InChI is InChI=1S/C15H16O2/c1-3-13-5-11-6-14(4-2,8-13)10-15(7-11,9-13)12(16)17/h1-2,11H,5-10H2,(H,16,17). The second-order valence-corrected chi connectivity index (χ2v) is 6.44. The van der Waals surface area contributed by atoms with Crippen LogP contribution in [0.15, 0.2) is 0 Å². The molecular formula is C15H16O2. The fraction of sp³-hybridized carbons (Fsp3) is 0.667. The van der Waals surface area contributed by atoms with E-state index in [0.717, 1.165) is 25.7 Å². The SMILES string of the molecule is C#CC12CC3CC(C#C)(C1)CC(C(=O)O)(C3)C2. The summed E-state index contributed by atoms with van der Waals surface area (Å²) in [6.45, 7) is 0. The molecule has 0 heterocycles. The lowest BCUT2D eigenvalue weighted by atomic mass is 9.40. The molecule has 4 fully saturated rings. The van der Waals surface area contributed by atoms with Crippen LogP contribution in [0.3, 0.4) is 0 Å². The van der Waals surface area contributed by atoms with E-state index in [1.165, 1.54) is 0 Å². The van der Waals surface area contributed by atoms with E-state index in [4.69, 9.17) is 12.8 Å². The van der Waals surface area contributed by atoms with Crippen molar-refractivity contribution in [3.8, 4) is 24.7 Å². The van der Waals surface area contributed by atoms with E-state index >= 15 is 0 Å². The number of carbonyl (C=O) groups is 1. The van der Waals surface area contributed by atoms with E-state index in [9.17, 15) is 9.90 Å². The zero-order chi connectivity index (χ0) is 12.3. The molecule has 0 aromatic heterocycles. The van der Waals surface area contributed by atoms with Gasteiger partial charge in [-0.05, 0) is 44.4 Å². The van der Waals surface area contributed by atoms with Crippen molar-refractivity contribution in [2.75, 3.05) is 0 Å². The third kappa shape index (κ3) is 1.22. The molecule has 4 aliphatic rings. The van der Waals surface area contributed by atoms with E-state index in [1.54, 1.807) is 0 Å². The predicted molar refractivity (Wildman–Crippen MR) is 63.8 cm³/mol. The van der Waals surface area contributed by atoms with Crippen LogP contribution < -0.4 is 0 Å². The molecule has 2 unspecified atom stereocenters. The Labute approximate surface area is 102 Å². The second kappa shape index (κ2) is 2.88. The van der Waals surface area contributed by atoms with E-state index in [0.29, 0.717) is 18.8 Å². The molecule has 0 amide bonds. The molecule has 88 valence electrons. The molecule has 4 rings (SSSR count). The van der Waals surface area contributed by atoms with Crippen LogP contribution in [0.2, 0.25) is 0 Å². The minimum absolute atomic E-state index is 0.246. The van der Waals surface area contributed by atoms with Crippen molar-refractivity contribution in [2.45, 2.75) is 38.5 Å². The first-order valence-corrected chi connectivity index (χ1v) is 6.16. The molecule has 4 bridgehead atoms. The van der Waals surface area contributed by atoms with Gasteiger partial charge in [0.15, 0.2) is 0 Å². The molecular weight excluding hydrogens is 212 g/mol. The molecule has 0 aromatic carbocycles. The quantitative estimate of drug-likeness (QED) is 0.699. The van der Waals surface area contributed by atoms with E-state index in [-0.39, 0.29) is 10.8 Å². The van der Waals surface area contributed by atoms with Crippen LogP contribution in [-0.4, -0.2) is 11.1 Å². The summed E-state index contributed by atoms with van der Waals surface area (Å²) in [5.41, 5.74) is -1.13. The summed E-state index contributed by atoms with van der Waals surface area (Å²) in [6, 6.07) is 0. The van der Waals surface area contributed by atoms with Crippen molar-refractivity contribution in [3.05, 3.63) is 0 Å². The smallest absolute Gasteiger partial charge is 0.309 e. The summed E-state index contributed by atoms with van der Waals surface area (Å²) in [7, 11) is 0. The van der Waals surface area contributed by atoms with Crippen molar-refractivity contribution in [3.63, 3.8) is 0 Å².